The van der Waals surface area contributed by atoms with Gasteiger partial charge in [0.15, 0.2) is 0 Å². The quantitative estimate of drug-likeness (QED) is 0.636. The van der Waals surface area contributed by atoms with Gasteiger partial charge in [-0.25, -0.2) is 4.98 Å². The fourth-order valence-electron chi connectivity index (χ4n) is 0.586. The Kier molecular flexibility index (Phi) is 3.59. The third-order valence-corrected chi connectivity index (χ3v) is 1.84. The Morgan fingerprint density at radius 1 is 1.75 bits per heavy atom. The van der Waals surface area contributed by atoms with Gasteiger partial charge >= 0.3 is 5.97 Å². The Bertz CT molecular complexity index is 237. The van der Waals surface area contributed by atoms with E-state index >= 15 is 0 Å². The van der Waals surface area contributed by atoms with Crippen molar-refractivity contribution in [1.29, 1.82) is 0 Å². The summed E-state index contributed by atoms with van der Waals surface area (Å²) in [7, 11) is 0. The van der Waals surface area contributed by atoms with Crippen LogP contribution in [0.2, 0.25) is 0 Å². The van der Waals surface area contributed by atoms with Gasteiger partial charge in [0.25, 0.3) is 0 Å². The van der Waals surface area contributed by atoms with Crippen LogP contribution in [0.5, 0.6) is 0 Å². The van der Waals surface area contributed by atoms with Gasteiger partial charge in [-0.1, -0.05) is 0 Å². The maximum atomic E-state index is 10.8. The van der Waals surface area contributed by atoms with E-state index in [1.54, 1.807) is 6.92 Å². The number of carbonyl (C=O) groups is 1. The molecule has 6 heteroatoms. The molecule has 0 aliphatic rings. The summed E-state index contributed by atoms with van der Waals surface area (Å²) in [6.45, 7) is 2.19. The number of nitrogens with zero attached hydrogens (tertiary/aromatic N) is 3. The minimum Gasteiger partial charge on any atom is -0.465 e. The fourth-order valence-corrected chi connectivity index (χ4v) is 1.14. The second kappa shape index (κ2) is 4.76. The SMILES string of the molecule is CCOC(=O)CSn1cncn1. The van der Waals surface area contributed by atoms with Crippen LogP contribution in [-0.2, 0) is 9.53 Å². The minimum atomic E-state index is -0.238. The molecule has 12 heavy (non-hydrogen) atoms. The summed E-state index contributed by atoms with van der Waals surface area (Å²) in [5.41, 5.74) is 0. The standard InChI is InChI=1S/C6H9N3O2S/c1-2-11-6(10)3-12-9-5-7-4-8-9/h4-5H,2-3H2,1H3. The van der Waals surface area contributed by atoms with Gasteiger partial charge in [-0.15, -0.1) is 5.10 Å². The molecule has 1 heterocycles. The molecule has 0 aliphatic carbocycles. The lowest BCUT2D eigenvalue weighted by molar-refractivity contribution is -0.139. The summed E-state index contributed by atoms with van der Waals surface area (Å²) in [6, 6.07) is 0. The van der Waals surface area contributed by atoms with Gasteiger partial charge in [-0.2, -0.15) is 4.09 Å². The smallest absolute Gasteiger partial charge is 0.317 e. The number of hydrogen-bond acceptors (Lipinski definition) is 5. The third kappa shape index (κ3) is 2.91. The van der Waals surface area contributed by atoms with Crippen LogP contribution in [0.15, 0.2) is 12.7 Å². The molecule has 0 saturated heterocycles. The number of rotatable bonds is 4. The maximum absolute atomic E-state index is 10.8. The van der Waals surface area contributed by atoms with Gasteiger partial charge in [0.1, 0.15) is 18.4 Å². The molecule has 0 N–H and O–H groups in total. The van der Waals surface area contributed by atoms with E-state index in [1.807, 2.05) is 0 Å². The molecular weight excluding hydrogens is 178 g/mol. The van der Waals surface area contributed by atoms with Crippen LogP contribution in [0, 0.1) is 0 Å². The van der Waals surface area contributed by atoms with Gasteiger partial charge < -0.3 is 4.74 Å². The molecular formula is C6H9N3O2S. The van der Waals surface area contributed by atoms with Crippen molar-refractivity contribution in [2.45, 2.75) is 6.92 Å². The van der Waals surface area contributed by atoms with Crippen LogP contribution in [0.4, 0.5) is 0 Å². The highest BCUT2D eigenvalue weighted by Crippen LogP contribution is 2.01. The molecule has 0 spiro atoms. The lowest BCUT2D eigenvalue weighted by Crippen LogP contribution is -2.08. The Hall–Kier alpha value is -1.04. The molecule has 0 aliphatic heterocycles. The van der Waals surface area contributed by atoms with Crippen LogP contribution < -0.4 is 0 Å². The Morgan fingerprint density at radius 3 is 3.17 bits per heavy atom. The topological polar surface area (TPSA) is 57.0 Å². The predicted molar refractivity (Wildman–Crippen MR) is 44.5 cm³/mol. The summed E-state index contributed by atoms with van der Waals surface area (Å²) in [5, 5.41) is 3.81. The van der Waals surface area contributed by atoms with Crippen molar-refractivity contribution in [2.75, 3.05) is 12.4 Å². The largest absolute Gasteiger partial charge is 0.465 e. The number of esters is 1. The zero-order valence-corrected chi connectivity index (χ0v) is 7.45. The van der Waals surface area contributed by atoms with E-state index in [4.69, 9.17) is 4.74 Å². The van der Waals surface area contributed by atoms with Crippen LogP contribution in [0.25, 0.3) is 0 Å². The Labute approximate surface area is 74.3 Å². The number of aromatic nitrogens is 3. The highest BCUT2D eigenvalue weighted by molar-refractivity contribution is 7.98. The van der Waals surface area contributed by atoms with Crippen LogP contribution in [-0.4, -0.2) is 32.5 Å². The average Bonchev–Trinajstić information content (AvgIpc) is 2.53. The summed E-state index contributed by atoms with van der Waals surface area (Å²) in [6.07, 6.45) is 2.95. The summed E-state index contributed by atoms with van der Waals surface area (Å²) < 4.78 is 6.23. The van der Waals surface area contributed by atoms with Gasteiger partial charge in [0.2, 0.25) is 0 Å². The van der Waals surface area contributed by atoms with E-state index in [-0.39, 0.29) is 11.7 Å². The van der Waals surface area contributed by atoms with Crippen LogP contribution >= 0.6 is 11.9 Å². The number of ether oxygens (including phenoxy) is 1. The Morgan fingerprint density at radius 2 is 2.58 bits per heavy atom. The van der Waals surface area contributed by atoms with Crippen LogP contribution in [0.3, 0.4) is 0 Å². The van der Waals surface area contributed by atoms with Gasteiger partial charge in [0.05, 0.1) is 6.61 Å². The highest BCUT2D eigenvalue weighted by Gasteiger charge is 2.02. The van der Waals surface area contributed by atoms with E-state index in [9.17, 15) is 4.79 Å². The molecule has 1 rings (SSSR count). The maximum Gasteiger partial charge on any atom is 0.317 e. The predicted octanol–water partition coefficient (Wildman–Crippen LogP) is 0.337. The highest BCUT2D eigenvalue weighted by atomic mass is 32.2. The fraction of sp³-hybridized carbons (Fsp3) is 0.500. The minimum absolute atomic E-state index is 0.238. The Balaban J connectivity index is 2.22. The van der Waals surface area contributed by atoms with Crippen LogP contribution in [0.1, 0.15) is 6.92 Å². The lowest BCUT2D eigenvalue weighted by atomic mass is 10.8. The molecule has 5 nitrogen and oxygen atoms in total. The molecule has 0 radical (unpaired) electrons. The summed E-state index contributed by atoms with van der Waals surface area (Å²) in [5.74, 6) is 0.0231. The molecule has 0 aromatic carbocycles. The van der Waals surface area contributed by atoms with Gasteiger partial charge in [-0.3, -0.25) is 4.79 Å². The molecule has 0 fully saturated rings. The first-order chi connectivity index (χ1) is 5.83. The first kappa shape index (κ1) is 9.05. The number of hydrogen-bond donors (Lipinski definition) is 0. The van der Waals surface area contributed by atoms with E-state index < -0.39 is 0 Å². The zero-order chi connectivity index (χ0) is 8.81. The van der Waals surface area contributed by atoms with Gasteiger partial charge in [-0.05, 0) is 18.9 Å². The van der Waals surface area contributed by atoms with E-state index in [0.717, 1.165) is 0 Å². The molecule has 1 aromatic heterocycles. The van der Waals surface area contributed by atoms with E-state index in [2.05, 4.69) is 10.1 Å². The molecule has 0 amide bonds. The van der Waals surface area contributed by atoms with Crippen molar-refractivity contribution in [3.05, 3.63) is 12.7 Å². The molecule has 1 aromatic rings. The second-order valence-corrected chi connectivity index (χ2v) is 2.80. The van der Waals surface area contributed by atoms with Crippen molar-refractivity contribution in [1.82, 2.24) is 14.2 Å². The second-order valence-electron chi connectivity index (χ2n) is 1.88. The van der Waals surface area contributed by atoms with E-state index in [1.165, 1.54) is 28.7 Å². The summed E-state index contributed by atoms with van der Waals surface area (Å²) in [4.78, 5) is 14.6. The molecule has 66 valence electrons. The third-order valence-electron chi connectivity index (χ3n) is 1.02. The number of carbonyl (C=O) groups excluding carboxylic acids is 1. The zero-order valence-electron chi connectivity index (χ0n) is 6.64. The first-order valence-electron chi connectivity index (χ1n) is 3.46. The van der Waals surface area contributed by atoms with Crippen molar-refractivity contribution in [3.63, 3.8) is 0 Å². The first-order valence-corrected chi connectivity index (χ1v) is 4.40. The monoisotopic (exact) mass is 187 g/mol. The van der Waals surface area contributed by atoms with Crippen molar-refractivity contribution in [2.24, 2.45) is 0 Å². The molecule has 0 saturated carbocycles. The average molecular weight is 187 g/mol. The molecule has 0 atom stereocenters. The lowest BCUT2D eigenvalue weighted by Gasteiger charge is -1.99. The van der Waals surface area contributed by atoms with Gasteiger partial charge in [0, 0.05) is 0 Å². The van der Waals surface area contributed by atoms with E-state index in [0.29, 0.717) is 6.61 Å². The molecule has 0 bridgehead atoms. The summed E-state index contributed by atoms with van der Waals surface area (Å²) >= 11 is 1.24. The normalized spacial score (nSPS) is 9.75. The molecule has 0 unspecified atom stereocenters. The van der Waals surface area contributed by atoms with Crippen molar-refractivity contribution < 1.29 is 9.53 Å². The van der Waals surface area contributed by atoms with Crippen molar-refractivity contribution in [3.8, 4) is 0 Å². The van der Waals surface area contributed by atoms with Crippen molar-refractivity contribution >= 4 is 17.9 Å².